The maximum absolute atomic E-state index is 15.2. The van der Waals surface area contributed by atoms with E-state index in [9.17, 15) is 14.0 Å². The molecule has 0 spiro atoms. The molecule has 37 heavy (non-hydrogen) atoms. The number of nitrogens with two attached hydrogens (primary N) is 1. The maximum atomic E-state index is 15.2. The number of amides is 1. The second-order valence-electron chi connectivity index (χ2n) is 9.38. The van der Waals surface area contributed by atoms with Crippen molar-refractivity contribution in [2.75, 3.05) is 19.0 Å². The Morgan fingerprint density at radius 1 is 1.24 bits per heavy atom. The van der Waals surface area contributed by atoms with Crippen LogP contribution >= 0.6 is 0 Å². The fourth-order valence-corrected chi connectivity index (χ4v) is 4.33. The number of benzene rings is 2. The first-order valence-corrected chi connectivity index (χ1v) is 12.1. The predicted molar refractivity (Wildman–Crippen MR) is 132 cm³/mol. The number of carboxylic acids is 1. The van der Waals surface area contributed by atoms with E-state index in [-0.39, 0.29) is 47.7 Å². The molecule has 3 aromatic rings. The summed E-state index contributed by atoms with van der Waals surface area (Å²) in [6, 6.07) is 7.22. The molecule has 0 saturated heterocycles. The molecule has 0 aliphatic heterocycles. The minimum atomic E-state index is -0.787. The van der Waals surface area contributed by atoms with Crippen LogP contribution in [0.25, 0.3) is 11.1 Å². The molecule has 4 rings (SSSR count). The van der Waals surface area contributed by atoms with Crippen molar-refractivity contribution >= 4 is 34.7 Å². The standard InChI is InChI=1S/C26H30F2N4O5/c1-14-3-7-17(27)12-20(14)31-26-30-19-10-6-16(23(28)24(19)37-26)11-22(33)32(2)21(29)13-36-18-8-4-15(5-9-18)25(34)35/h3,6-7,10,12,15,18,21H,4-5,8-9,11,13,29H2,1-2H3,(H,30,31)(H,34,35)/t15?,18?,21-/m1/s1. The van der Waals surface area contributed by atoms with E-state index >= 15 is 4.39 Å². The lowest BCUT2D eigenvalue weighted by Gasteiger charge is -2.30. The molecular weight excluding hydrogens is 486 g/mol. The topological polar surface area (TPSA) is 131 Å². The minimum Gasteiger partial charge on any atom is -0.481 e. The van der Waals surface area contributed by atoms with Gasteiger partial charge in [0.1, 0.15) is 17.5 Å². The van der Waals surface area contributed by atoms with Crippen molar-refractivity contribution in [2.45, 2.75) is 51.3 Å². The summed E-state index contributed by atoms with van der Waals surface area (Å²) in [6.07, 6.45) is 1.25. The van der Waals surface area contributed by atoms with Gasteiger partial charge in [0.25, 0.3) is 6.01 Å². The highest BCUT2D eigenvalue weighted by Gasteiger charge is 2.27. The van der Waals surface area contributed by atoms with Crippen LogP contribution in [0.3, 0.4) is 0 Å². The smallest absolute Gasteiger partial charge is 0.306 e. The molecule has 9 nitrogen and oxygen atoms in total. The Morgan fingerprint density at radius 2 is 1.97 bits per heavy atom. The highest BCUT2D eigenvalue weighted by Crippen LogP contribution is 2.29. The summed E-state index contributed by atoms with van der Waals surface area (Å²) in [6.45, 7) is 1.87. The highest BCUT2D eigenvalue weighted by molar-refractivity contribution is 5.82. The number of carbonyl (C=O) groups excluding carboxylic acids is 1. The van der Waals surface area contributed by atoms with Crippen LogP contribution in [0.2, 0.25) is 0 Å². The van der Waals surface area contributed by atoms with E-state index < -0.39 is 29.7 Å². The molecule has 1 atom stereocenters. The number of hydrogen-bond acceptors (Lipinski definition) is 7. The number of likely N-dealkylation sites (N-methyl/N-ethyl adjacent to an activating group) is 1. The van der Waals surface area contributed by atoms with Crippen molar-refractivity contribution in [3.63, 3.8) is 0 Å². The van der Waals surface area contributed by atoms with Crippen LogP contribution in [0.4, 0.5) is 20.5 Å². The van der Waals surface area contributed by atoms with Crippen LogP contribution in [-0.4, -0.2) is 52.8 Å². The van der Waals surface area contributed by atoms with Crippen molar-refractivity contribution in [3.8, 4) is 0 Å². The number of rotatable bonds is 9. The first-order valence-electron chi connectivity index (χ1n) is 12.1. The molecule has 198 valence electrons. The quantitative estimate of drug-likeness (QED) is 0.362. The third kappa shape index (κ3) is 6.23. The van der Waals surface area contributed by atoms with Crippen LogP contribution in [-0.2, 0) is 20.7 Å². The van der Waals surface area contributed by atoms with Gasteiger partial charge in [0, 0.05) is 18.3 Å². The number of carbonyl (C=O) groups is 2. The van der Waals surface area contributed by atoms with Gasteiger partial charge in [0.05, 0.1) is 25.0 Å². The molecule has 0 unspecified atom stereocenters. The largest absolute Gasteiger partial charge is 0.481 e. The molecule has 0 bridgehead atoms. The van der Waals surface area contributed by atoms with E-state index in [1.54, 1.807) is 19.1 Å². The van der Waals surface area contributed by atoms with Crippen LogP contribution in [0.1, 0.15) is 36.8 Å². The van der Waals surface area contributed by atoms with Crippen molar-refractivity contribution in [3.05, 3.63) is 53.1 Å². The van der Waals surface area contributed by atoms with Gasteiger partial charge in [-0.2, -0.15) is 4.98 Å². The van der Waals surface area contributed by atoms with Gasteiger partial charge in [-0.3, -0.25) is 9.59 Å². The van der Waals surface area contributed by atoms with Crippen LogP contribution in [0.5, 0.6) is 0 Å². The van der Waals surface area contributed by atoms with Crippen LogP contribution in [0.15, 0.2) is 34.7 Å². The molecule has 0 radical (unpaired) electrons. The molecule has 1 aromatic heterocycles. The maximum Gasteiger partial charge on any atom is 0.306 e. The van der Waals surface area contributed by atoms with E-state index in [1.165, 1.54) is 30.1 Å². The third-order valence-electron chi connectivity index (χ3n) is 6.78. The van der Waals surface area contributed by atoms with Gasteiger partial charge in [-0.05, 0) is 56.4 Å². The number of carboxylic acid groups (broad SMARTS) is 1. The predicted octanol–water partition coefficient (Wildman–Crippen LogP) is 4.10. The third-order valence-corrected chi connectivity index (χ3v) is 6.78. The number of ether oxygens (including phenoxy) is 1. The van der Waals surface area contributed by atoms with Gasteiger partial charge in [0.15, 0.2) is 11.4 Å². The van der Waals surface area contributed by atoms with E-state index in [1.807, 2.05) is 0 Å². The molecule has 1 heterocycles. The van der Waals surface area contributed by atoms with E-state index in [0.717, 1.165) is 5.56 Å². The number of nitrogens with zero attached hydrogens (tertiary/aromatic N) is 2. The Morgan fingerprint density at radius 3 is 2.68 bits per heavy atom. The van der Waals surface area contributed by atoms with E-state index in [2.05, 4.69) is 10.3 Å². The molecule has 1 aliphatic carbocycles. The average molecular weight is 517 g/mol. The number of fused-ring (bicyclic) bond motifs is 1. The number of nitrogens with one attached hydrogen (secondary N) is 1. The van der Waals surface area contributed by atoms with Crippen LogP contribution in [0, 0.1) is 24.5 Å². The van der Waals surface area contributed by atoms with Gasteiger partial charge < -0.3 is 30.2 Å². The Labute approximate surface area is 212 Å². The zero-order chi connectivity index (χ0) is 26.7. The number of oxazole rings is 1. The second kappa shape index (κ2) is 11.2. The van der Waals surface area contributed by atoms with Crippen molar-refractivity contribution in [1.82, 2.24) is 9.88 Å². The summed E-state index contributed by atoms with van der Waals surface area (Å²) in [4.78, 5) is 29.4. The second-order valence-corrected chi connectivity index (χ2v) is 9.38. The number of halogens is 2. The van der Waals surface area contributed by atoms with Crippen LogP contribution < -0.4 is 11.1 Å². The molecule has 1 aliphatic rings. The summed E-state index contributed by atoms with van der Waals surface area (Å²) in [5.41, 5.74) is 7.57. The first kappa shape index (κ1) is 26.5. The van der Waals surface area contributed by atoms with Crippen molar-refractivity contribution in [2.24, 2.45) is 11.7 Å². The summed E-state index contributed by atoms with van der Waals surface area (Å²) in [5.74, 6) is -2.68. The lowest BCUT2D eigenvalue weighted by Crippen LogP contribution is -2.47. The van der Waals surface area contributed by atoms with E-state index in [4.69, 9.17) is 20.0 Å². The molecule has 1 amide bonds. The zero-order valence-electron chi connectivity index (χ0n) is 20.7. The van der Waals surface area contributed by atoms with Gasteiger partial charge in [-0.1, -0.05) is 12.1 Å². The summed E-state index contributed by atoms with van der Waals surface area (Å²) >= 11 is 0. The highest BCUT2D eigenvalue weighted by atomic mass is 19.1. The molecule has 1 fully saturated rings. The molecular formula is C26H30F2N4O5. The Bertz CT molecular complexity index is 1290. The monoisotopic (exact) mass is 516 g/mol. The summed E-state index contributed by atoms with van der Waals surface area (Å²) in [5, 5.41) is 12.0. The fraction of sp³-hybridized carbons (Fsp3) is 0.423. The van der Waals surface area contributed by atoms with Gasteiger partial charge in [-0.25, -0.2) is 8.78 Å². The number of aryl methyl sites for hydroxylation is 1. The fourth-order valence-electron chi connectivity index (χ4n) is 4.33. The number of aliphatic carboxylic acids is 1. The Hall–Kier alpha value is -3.57. The average Bonchev–Trinajstić information content (AvgIpc) is 3.29. The Balaban J connectivity index is 1.36. The van der Waals surface area contributed by atoms with Gasteiger partial charge >= 0.3 is 5.97 Å². The minimum absolute atomic E-state index is 0.000228. The number of hydrogen-bond donors (Lipinski definition) is 3. The number of anilines is 2. The lowest BCUT2D eigenvalue weighted by molar-refractivity contribution is -0.144. The van der Waals surface area contributed by atoms with Gasteiger partial charge in [0.2, 0.25) is 5.91 Å². The van der Waals surface area contributed by atoms with Crippen molar-refractivity contribution < 1.29 is 32.6 Å². The molecule has 2 aromatic carbocycles. The SMILES string of the molecule is Cc1ccc(F)cc1Nc1nc2ccc(CC(=O)N(C)[C@@H](N)COC3CCC(C(=O)O)CC3)c(F)c2o1. The van der Waals surface area contributed by atoms with Gasteiger partial charge in [-0.15, -0.1) is 0 Å². The normalized spacial score (nSPS) is 18.5. The zero-order valence-corrected chi connectivity index (χ0v) is 20.7. The molecule has 4 N–H and O–H groups in total. The first-order chi connectivity index (χ1) is 17.6. The summed E-state index contributed by atoms with van der Waals surface area (Å²) < 4.78 is 40.1. The Kier molecular flexibility index (Phi) is 8.03. The lowest BCUT2D eigenvalue weighted by atomic mass is 9.87. The molecule has 1 saturated carbocycles. The number of aromatic nitrogens is 1. The van der Waals surface area contributed by atoms with E-state index in [0.29, 0.717) is 31.4 Å². The van der Waals surface area contributed by atoms with Crippen molar-refractivity contribution in [1.29, 1.82) is 0 Å². The summed E-state index contributed by atoms with van der Waals surface area (Å²) in [7, 11) is 1.52. The molecule has 11 heteroatoms.